The predicted octanol–water partition coefficient (Wildman–Crippen LogP) is -0.0705. The van der Waals surface area contributed by atoms with Crippen LogP contribution in [0.5, 0.6) is 0 Å². The molecule has 0 aliphatic heterocycles. The van der Waals surface area contributed by atoms with Crippen LogP contribution < -0.4 is 5.73 Å². The molecule has 0 bridgehead atoms. The van der Waals surface area contributed by atoms with Crippen molar-refractivity contribution in [2.75, 3.05) is 39.9 Å². The predicted molar refractivity (Wildman–Crippen MR) is 67.9 cm³/mol. The van der Waals surface area contributed by atoms with Crippen LogP contribution in [0.1, 0.15) is 13.8 Å². The molecule has 2 N–H and O–H groups in total. The van der Waals surface area contributed by atoms with E-state index in [4.69, 9.17) is 15.2 Å². The number of likely N-dealkylation sites (N-methyl/N-ethyl adjacent to an activating group) is 1. The number of nitrogens with zero attached hydrogens (tertiary/aromatic N) is 1. The Hall–Kier alpha value is -1.40. The van der Waals surface area contributed by atoms with Crippen molar-refractivity contribution < 1.29 is 19.1 Å². The van der Waals surface area contributed by atoms with E-state index < -0.39 is 11.9 Å². The van der Waals surface area contributed by atoms with Crippen LogP contribution >= 0.6 is 0 Å². The number of ether oxygens (including phenoxy) is 2. The molecule has 0 rings (SSSR count). The average Bonchev–Trinajstić information content (AvgIpc) is 2.35. The van der Waals surface area contributed by atoms with Gasteiger partial charge in [0.25, 0.3) is 0 Å². The standard InChI is InChI=1S/C12H22N2O4/c1-4-14(3)6-8-17-11(15)9-10(2)12(16)18-7-5-13/h9H,4-8,13H2,1-3H3. The zero-order chi connectivity index (χ0) is 14.0. The molecule has 0 atom stereocenters. The Morgan fingerprint density at radius 2 is 1.94 bits per heavy atom. The van der Waals surface area contributed by atoms with Gasteiger partial charge in [0.1, 0.15) is 13.2 Å². The molecule has 0 heterocycles. The third-order valence-corrected chi connectivity index (χ3v) is 2.26. The Balaban J connectivity index is 4.00. The van der Waals surface area contributed by atoms with Crippen molar-refractivity contribution in [3.63, 3.8) is 0 Å². The van der Waals surface area contributed by atoms with Crippen LogP contribution in [-0.4, -0.2) is 56.7 Å². The van der Waals surface area contributed by atoms with E-state index in [1.54, 1.807) is 0 Å². The summed E-state index contributed by atoms with van der Waals surface area (Å²) in [5.41, 5.74) is 5.40. The van der Waals surface area contributed by atoms with Gasteiger partial charge >= 0.3 is 11.9 Å². The van der Waals surface area contributed by atoms with Crippen molar-refractivity contribution in [3.8, 4) is 0 Å². The van der Waals surface area contributed by atoms with Gasteiger partial charge in [-0.1, -0.05) is 6.92 Å². The monoisotopic (exact) mass is 258 g/mol. The summed E-state index contributed by atoms with van der Waals surface area (Å²) in [6.07, 6.45) is 1.13. The second-order valence-corrected chi connectivity index (χ2v) is 3.82. The summed E-state index contributed by atoms with van der Waals surface area (Å²) >= 11 is 0. The van der Waals surface area contributed by atoms with E-state index in [1.807, 2.05) is 18.9 Å². The molecule has 0 aromatic carbocycles. The van der Waals surface area contributed by atoms with Crippen LogP contribution in [0.3, 0.4) is 0 Å². The highest BCUT2D eigenvalue weighted by Crippen LogP contribution is 1.97. The minimum atomic E-state index is -0.553. The Kier molecular flexibility index (Phi) is 8.86. The van der Waals surface area contributed by atoms with Gasteiger partial charge in [0, 0.05) is 24.7 Å². The summed E-state index contributed by atoms with van der Waals surface area (Å²) in [5, 5.41) is 0. The maximum atomic E-state index is 11.4. The topological polar surface area (TPSA) is 81.9 Å². The van der Waals surface area contributed by atoms with E-state index in [9.17, 15) is 9.59 Å². The van der Waals surface area contributed by atoms with Crippen molar-refractivity contribution in [1.82, 2.24) is 4.90 Å². The lowest BCUT2D eigenvalue weighted by Gasteiger charge is -2.12. The van der Waals surface area contributed by atoms with E-state index >= 15 is 0 Å². The van der Waals surface area contributed by atoms with Gasteiger partial charge in [-0.15, -0.1) is 0 Å². The number of hydrogen-bond acceptors (Lipinski definition) is 6. The summed E-state index contributed by atoms with van der Waals surface area (Å²) in [5.74, 6) is -1.09. The molecule has 0 aliphatic rings. The van der Waals surface area contributed by atoms with E-state index in [0.29, 0.717) is 13.2 Å². The minimum Gasteiger partial charge on any atom is -0.461 e. The van der Waals surface area contributed by atoms with Crippen LogP contribution in [-0.2, 0) is 19.1 Å². The molecule has 0 saturated carbocycles. The van der Waals surface area contributed by atoms with Gasteiger partial charge in [0.2, 0.25) is 0 Å². The second kappa shape index (κ2) is 9.61. The lowest BCUT2D eigenvalue weighted by Crippen LogP contribution is -2.23. The van der Waals surface area contributed by atoms with Crippen LogP contribution in [0.15, 0.2) is 11.6 Å². The van der Waals surface area contributed by atoms with E-state index in [2.05, 4.69) is 0 Å². The summed E-state index contributed by atoms with van der Waals surface area (Å²) in [6, 6.07) is 0. The van der Waals surface area contributed by atoms with Crippen molar-refractivity contribution in [2.45, 2.75) is 13.8 Å². The maximum Gasteiger partial charge on any atom is 0.334 e. The normalized spacial score (nSPS) is 11.5. The summed E-state index contributed by atoms with van der Waals surface area (Å²) in [6.45, 7) is 5.75. The molecule has 6 heteroatoms. The van der Waals surface area contributed by atoms with E-state index in [1.165, 1.54) is 6.92 Å². The Bertz CT molecular complexity index is 302. The molecule has 0 unspecified atom stereocenters. The largest absolute Gasteiger partial charge is 0.461 e. The van der Waals surface area contributed by atoms with Crippen LogP contribution in [0.25, 0.3) is 0 Å². The molecule has 0 aromatic rings. The summed E-state index contributed by atoms with van der Waals surface area (Å²) in [7, 11) is 1.93. The van der Waals surface area contributed by atoms with Crippen molar-refractivity contribution in [2.24, 2.45) is 5.73 Å². The fourth-order valence-corrected chi connectivity index (χ4v) is 1.00. The van der Waals surface area contributed by atoms with Gasteiger partial charge in [-0.05, 0) is 20.5 Å². The van der Waals surface area contributed by atoms with Crippen molar-refractivity contribution >= 4 is 11.9 Å². The van der Waals surface area contributed by atoms with Gasteiger partial charge in [-0.25, -0.2) is 9.59 Å². The molecule has 0 amide bonds. The first-order chi connectivity index (χ1) is 8.51. The van der Waals surface area contributed by atoms with Crippen molar-refractivity contribution in [1.29, 1.82) is 0 Å². The molecule has 0 aromatic heterocycles. The first-order valence-electron chi connectivity index (χ1n) is 5.92. The first kappa shape index (κ1) is 16.6. The highest BCUT2D eigenvalue weighted by molar-refractivity contribution is 5.95. The molecule has 18 heavy (non-hydrogen) atoms. The van der Waals surface area contributed by atoms with Crippen LogP contribution in [0.4, 0.5) is 0 Å². The van der Waals surface area contributed by atoms with E-state index in [-0.39, 0.29) is 18.7 Å². The molecule has 0 aliphatic carbocycles. The number of carbonyl (C=O) groups excluding carboxylic acids is 2. The van der Waals surface area contributed by atoms with Gasteiger partial charge in [-0.3, -0.25) is 0 Å². The molecule has 0 saturated heterocycles. The number of rotatable bonds is 8. The zero-order valence-electron chi connectivity index (χ0n) is 11.3. The molecule has 6 nitrogen and oxygen atoms in total. The minimum absolute atomic E-state index is 0.139. The number of nitrogens with two attached hydrogens (primary N) is 1. The molecule has 104 valence electrons. The SMILES string of the molecule is CCN(C)CCOC(=O)C=C(C)C(=O)OCCN. The third kappa shape index (κ3) is 7.81. The third-order valence-electron chi connectivity index (χ3n) is 2.26. The molecule has 0 spiro atoms. The summed E-state index contributed by atoms with van der Waals surface area (Å²) in [4.78, 5) is 24.7. The fraction of sp³-hybridized carbons (Fsp3) is 0.667. The Morgan fingerprint density at radius 3 is 2.50 bits per heavy atom. The highest BCUT2D eigenvalue weighted by atomic mass is 16.5. The smallest absolute Gasteiger partial charge is 0.334 e. The number of carbonyl (C=O) groups is 2. The number of hydrogen-bond donors (Lipinski definition) is 1. The zero-order valence-corrected chi connectivity index (χ0v) is 11.3. The average molecular weight is 258 g/mol. The molecule has 0 fully saturated rings. The number of esters is 2. The van der Waals surface area contributed by atoms with E-state index in [0.717, 1.165) is 12.6 Å². The van der Waals surface area contributed by atoms with Crippen molar-refractivity contribution in [3.05, 3.63) is 11.6 Å². The first-order valence-corrected chi connectivity index (χ1v) is 5.92. The fourth-order valence-electron chi connectivity index (χ4n) is 1.00. The molecular weight excluding hydrogens is 236 g/mol. The summed E-state index contributed by atoms with van der Waals surface area (Å²) < 4.78 is 9.72. The molecule has 0 radical (unpaired) electrons. The van der Waals surface area contributed by atoms with Gasteiger partial charge < -0.3 is 20.1 Å². The lowest BCUT2D eigenvalue weighted by molar-refractivity contribution is -0.141. The van der Waals surface area contributed by atoms with Gasteiger partial charge in [-0.2, -0.15) is 0 Å². The quantitative estimate of drug-likeness (QED) is 0.485. The maximum absolute atomic E-state index is 11.4. The Morgan fingerprint density at radius 1 is 1.28 bits per heavy atom. The van der Waals surface area contributed by atoms with Crippen LogP contribution in [0.2, 0.25) is 0 Å². The highest BCUT2D eigenvalue weighted by Gasteiger charge is 2.08. The second-order valence-electron chi connectivity index (χ2n) is 3.82. The molecular formula is C12H22N2O4. The van der Waals surface area contributed by atoms with Crippen LogP contribution in [0, 0.1) is 0 Å². The lowest BCUT2D eigenvalue weighted by atomic mass is 10.3. The Labute approximate surface area is 108 Å². The van der Waals surface area contributed by atoms with Gasteiger partial charge in [0.15, 0.2) is 0 Å². The van der Waals surface area contributed by atoms with Gasteiger partial charge in [0.05, 0.1) is 0 Å².